The second kappa shape index (κ2) is 6.67. The van der Waals surface area contributed by atoms with Gasteiger partial charge in [0.15, 0.2) is 0 Å². The molecule has 0 radical (unpaired) electrons. The Morgan fingerprint density at radius 1 is 1.39 bits per heavy atom. The molecule has 0 unspecified atom stereocenters. The highest BCUT2D eigenvalue weighted by molar-refractivity contribution is 5.79. The number of amides is 1. The van der Waals surface area contributed by atoms with Crippen molar-refractivity contribution in [3.05, 3.63) is 39.9 Å². The van der Waals surface area contributed by atoms with Gasteiger partial charge in [0, 0.05) is 12.1 Å². The summed E-state index contributed by atoms with van der Waals surface area (Å²) in [7, 11) is 0. The molecule has 0 spiro atoms. The summed E-state index contributed by atoms with van der Waals surface area (Å²) in [5, 5.41) is 30.5. The molecule has 18 heavy (non-hydrogen) atoms. The highest BCUT2D eigenvalue weighted by Crippen LogP contribution is 2.13. The third-order valence-electron chi connectivity index (χ3n) is 2.29. The van der Waals surface area contributed by atoms with Crippen LogP contribution in [0.2, 0.25) is 0 Å². The first-order valence-electron chi connectivity index (χ1n) is 5.31. The van der Waals surface area contributed by atoms with E-state index in [0.717, 1.165) is 0 Å². The number of non-ortho nitro benzene ring substituents is 1. The average molecular weight is 254 g/mol. The number of nitrogens with one attached hydrogen (secondary N) is 1. The maximum Gasteiger partial charge on any atom is 0.269 e. The van der Waals surface area contributed by atoms with Crippen molar-refractivity contribution >= 4 is 11.6 Å². The van der Waals surface area contributed by atoms with E-state index in [1.165, 1.54) is 18.2 Å². The number of carbonyl (C=O) groups is 1. The van der Waals surface area contributed by atoms with Crippen LogP contribution in [0.25, 0.3) is 0 Å². The summed E-state index contributed by atoms with van der Waals surface area (Å²) in [6.45, 7) is -0.728. The Bertz CT molecular complexity index is 431. The number of carbonyl (C=O) groups excluding carboxylic acids is 1. The number of nitrogens with zero attached hydrogens (tertiary/aromatic N) is 1. The predicted octanol–water partition coefficient (Wildman–Crippen LogP) is -0.393. The maximum absolute atomic E-state index is 11.5. The molecular weight excluding hydrogens is 240 g/mol. The highest BCUT2D eigenvalue weighted by atomic mass is 16.6. The van der Waals surface area contributed by atoms with Crippen LogP contribution in [0.4, 0.5) is 5.69 Å². The Hall–Kier alpha value is -1.99. The van der Waals surface area contributed by atoms with Gasteiger partial charge in [0.2, 0.25) is 5.91 Å². The fraction of sp³-hybridized carbons (Fsp3) is 0.364. The molecule has 0 saturated heterocycles. The fourth-order valence-corrected chi connectivity index (χ4v) is 1.39. The molecule has 1 aromatic rings. The maximum atomic E-state index is 11.5. The lowest BCUT2D eigenvalue weighted by Crippen LogP contribution is -2.40. The van der Waals surface area contributed by atoms with Gasteiger partial charge >= 0.3 is 0 Å². The summed E-state index contributed by atoms with van der Waals surface area (Å²) >= 11 is 0. The third kappa shape index (κ3) is 4.11. The van der Waals surface area contributed by atoms with E-state index in [4.69, 9.17) is 10.2 Å². The Labute approximate surface area is 103 Å². The smallest absolute Gasteiger partial charge is 0.269 e. The number of nitro benzene ring substituents is 1. The van der Waals surface area contributed by atoms with Crippen molar-refractivity contribution in [2.75, 3.05) is 13.2 Å². The third-order valence-corrected chi connectivity index (χ3v) is 2.29. The van der Waals surface area contributed by atoms with Crippen LogP contribution >= 0.6 is 0 Å². The number of aliphatic hydroxyl groups excluding tert-OH is 2. The molecule has 0 fully saturated rings. The molecule has 0 bridgehead atoms. The van der Waals surface area contributed by atoms with Crippen LogP contribution in [0.5, 0.6) is 0 Å². The molecule has 0 aliphatic carbocycles. The molecule has 3 N–H and O–H groups in total. The van der Waals surface area contributed by atoms with E-state index >= 15 is 0 Å². The Morgan fingerprint density at radius 3 is 2.61 bits per heavy atom. The Kier molecular flexibility index (Phi) is 5.22. The average Bonchev–Trinajstić information content (AvgIpc) is 2.36. The molecule has 0 aliphatic rings. The topological polar surface area (TPSA) is 113 Å². The zero-order valence-electron chi connectivity index (χ0n) is 9.57. The molecule has 0 heterocycles. The van der Waals surface area contributed by atoms with Gasteiger partial charge in [-0.15, -0.1) is 0 Å². The molecule has 0 aliphatic heterocycles. The fourth-order valence-electron chi connectivity index (χ4n) is 1.39. The Morgan fingerprint density at radius 2 is 2.06 bits per heavy atom. The minimum atomic E-state index is -0.712. The van der Waals surface area contributed by atoms with Gasteiger partial charge in [0.25, 0.3) is 5.69 Å². The number of benzene rings is 1. The summed E-state index contributed by atoms with van der Waals surface area (Å²) in [6, 6.07) is 5.03. The van der Waals surface area contributed by atoms with E-state index < -0.39 is 16.9 Å². The monoisotopic (exact) mass is 254 g/mol. The van der Waals surface area contributed by atoms with Gasteiger partial charge in [-0.05, 0) is 5.56 Å². The van der Waals surface area contributed by atoms with Gasteiger partial charge < -0.3 is 15.5 Å². The summed E-state index contributed by atoms with van der Waals surface area (Å²) in [6.07, 6.45) is -0.0435. The van der Waals surface area contributed by atoms with Crippen molar-refractivity contribution in [3.63, 3.8) is 0 Å². The number of nitro groups is 1. The van der Waals surface area contributed by atoms with Gasteiger partial charge in [-0.1, -0.05) is 12.1 Å². The quantitative estimate of drug-likeness (QED) is 0.472. The van der Waals surface area contributed by atoms with Crippen molar-refractivity contribution < 1.29 is 19.9 Å². The van der Waals surface area contributed by atoms with Crippen molar-refractivity contribution in [2.24, 2.45) is 0 Å². The van der Waals surface area contributed by atoms with Gasteiger partial charge in [-0.2, -0.15) is 0 Å². The lowest BCUT2D eigenvalue weighted by molar-refractivity contribution is -0.384. The first-order chi connectivity index (χ1) is 8.56. The molecule has 1 rings (SSSR count). The highest BCUT2D eigenvalue weighted by Gasteiger charge is 2.12. The van der Waals surface area contributed by atoms with Crippen molar-refractivity contribution in [1.29, 1.82) is 0 Å². The minimum absolute atomic E-state index is 0.0435. The summed E-state index contributed by atoms with van der Waals surface area (Å²) in [4.78, 5) is 21.5. The zero-order chi connectivity index (χ0) is 13.5. The van der Waals surface area contributed by atoms with Crippen LogP contribution in [-0.2, 0) is 11.2 Å². The molecule has 7 heteroatoms. The van der Waals surface area contributed by atoms with E-state index in [9.17, 15) is 14.9 Å². The number of aliphatic hydroxyl groups is 2. The molecule has 0 atom stereocenters. The largest absolute Gasteiger partial charge is 0.394 e. The van der Waals surface area contributed by atoms with Crippen LogP contribution in [-0.4, -0.2) is 40.3 Å². The molecule has 1 amide bonds. The van der Waals surface area contributed by atoms with Crippen LogP contribution in [0, 0.1) is 10.1 Å². The Balaban J connectivity index is 2.64. The normalized spacial score (nSPS) is 10.4. The predicted molar refractivity (Wildman–Crippen MR) is 62.9 cm³/mol. The van der Waals surface area contributed by atoms with Gasteiger partial charge in [0.05, 0.1) is 30.6 Å². The van der Waals surface area contributed by atoms with Crippen LogP contribution in [0.1, 0.15) is 5.56 Å². The van der Waals surface area contributed by atoms with Crippen LogP contribution in [0.3, 0.4) is 0 Å². The van der Waals surface area contributed by atoms with E-state index in [-0.39, 0.29) is 25.3 Å². The second-order valence-corrected chi connectivity index (χ2v) is 3.73. The van der Waals surface area contributed by atoms with Crippen LogP contribution < -0.4 is 5.32 Å². The molecule has 98 valence electrons. The molecular formula is C11H14N2O5. The molecule has 1 aromatic carbocycles. The lowest BCUT2D eigenvalue weighted by Gasteiger charge is -2.13. The van der Waals surface area contributed by atoms with E-state index in [1.807, 2.05) is 0 Å². The molecule has 0 aromatic heterocycles. The minimum Gasteiger partial charge on any atom is -0.394 e. The van der Waals surface area contributed by atoms with Crippen molar-refractivity contribution in [2.45, 2.75) is 12.5 Å². The van der Waals surface area contributed by atoms with Crippen molar-refractivity contribution in [1.82, 2.24) is 5.32 Å². The standard InChI is InChI=1S/C11H14N2O5/c14-6-9(7-15)12-11(16)5-8-2-1-3-10(4-8)13(17)18/h1-4,9,14-15H,5-7H2,(H,12,16). The summed E-state index contributed by atoms with van der Waals surface area (Å²) in [5.41, 5.74) is 0.414. The summed E-state index contributed by atoms with van der Waals surface area (Å²) < 4.78 is 0. The molecule has 7 nitrogen and oxygen atoms in total. The van der Waals surface area contributed by atoms with E-state index in [2.05, 4.69) is 5.32 Å². The number of hydrogen-bond acceptors (Lipinski definition) is 5. The lowest BCUT2D eigenvalue weighted by atomic mass is 10.1. The second-order valence-electron chi connectivity index (χ2n) is 3.73. The van der Waals surface area contributed by atoms with E-state index in [1.54, 1.807) is 6.07 Å². The first-order valence-corrected chi connectivity index (χ1v) is 5.31. The SMILES string of the molecule is O=C(Cc1cccc([N+](=O)[O-])c1)NC(CO)CO. The zero-order valence-corrected chi connectivity index (χ0v) is 9.57. The van der Waals surface area contributed by atoms with E-state index in [0.29, 0.717) is 5.56 Å². The van der Waals surface area contributed by atoms with Crippen molar-refractivity contribution in [3.8, 4) is 0 Å². The first kappa shape index (κ1) is 14.1. The van der Waals surface area contributed by atoms with Crippen LogP contribution in [0.15, 0.2) is 24.3 Å². The van der Waals surface area contributed by atoms with Gasteiger partial charge in [-0.3, -0.25) is 14.9 Å². The number of hydrogen-bond donors (Lipinski definition) is 3. The van der Waals surface area contributed by atoms with Gasteiger partial charge in [0.1, 0.15) is 0 Å². The number of rotatable bonds is 6. The molecule has 0 saturated carbocycles. The van der Waals surface area contributed by atoms with Gasteiger partial charge in [-0.25, -0.2) is 0 Å². The summed E-state index contributed by atoms with van der Waals surface area (Å²) in [5.74, 6) is -0.413.